The molecular formula is C10H15ClN2OS. The zero-order valence-corrected chi connectivity index (χ0v) is 10.9. The second-order valence-electron chi connectivity index (χ2n) is 4.08. The number of hydrogen-bond donors (Lipinski definition) is 0. The van der Waals surface area contributed by atoms with Crippen LogP contribution in [0.4, 0.5) is 0 Å². The smallest absolute Gasteiger partial charge is 0.266 e. The first-order chi connectivity index (χ1) is 6.90. The molecule has 1 amide bonds. The SMILES string of the molecule is Cc1ncsc1C(=O)N(C)C(C)(C)CCl. The van der Waals surface area contributed by atoms with E-state index in [1.165, 1.54) is 11.3 Å². The Morgan fingerprint density at radius 2 is 2.27 bits per heavy atom. The number of thiazole rings is 1. The monoisotopic (exact) mass is 246 g/mol. The molecule has 1 aromatic heterocycles. The standard InChI is InChI=1S/C10H15ClN2OS/c1-7-8(15-6-12-7)9(14)13(4)10(2,3)5-11/h6H,5H2,1-4H3. The Morgan fingerprint density at radius 1 is 1.67 bits per heavy atom. The number of nitrogens with zero attached hydrogens (tertiary/aromatic N) is 2. The van der Waals surface area contributed by atoms with E-state index in [0.29, 0.717) is 10.8 Å². The molecule has 0 aliphatic rings. The predicted molar refractivity (Wildman–Crippen MR) is 63.7 cm³/mol. The Balaban J connectivity index is 2.92. The number of hydrogen-bond acceptors (Lipinski definition) is 3. The molecule has 1 heterocycles. The van der Waals surface area contributed by atoms with Crippen molar-refractivity contribution in [1.82, 2.24) is 9.88 Å². The molecule has 0 spiro atoms. The van der Waals surface area contributed by atoms with Gasteiger partial charge in [0.1, 0.15) is 4.88 Å². The van der Waals surface area contributed by atoms with Crippen LogP contribution in [0.15, 0.2) is 5.51 Å². The van der Waals surface area contributed by atoms with E-state index in [2.05, 4.69) is 4.98 Å². The van der Waals surface area contributed by atoms with Gasteiger partial charge in [-0.05, 0) is 20.8 Å². The average Bonchev–Trinajstić information content (AvgIpc) is 2.62. The molecular weight excluding hydrogens is 232 g/mol. The van der Waals surface area contributed by atoms with Gasteiger partial charge in [0.2, 0.25) is 0 Å². The average molecular weight is 247 g/mol. The van der Waals surface area contributed by atoms with Gasteiger partial charge in [-0.1, -0.05) is 0 Å². The maximum atomic E-state index is 12.1. The van der Waals surface area contributed by atoms with Crippen molar-refractivity contribution in [2.75, 3.05) is 12.9 Å². The van der Waals surface area contributed by atoms with Crippen LogP contribution in [0.25, 0.3) is 0 Å². The molecule has 0 unspecified atom stereocenters. The highest BCUT2D eigenvalue weighted by atomic mass is 35.5. The fourth-order valence-corrected chi connectivity index (χ4v) is 1.98. The lowest BCUT2D eigenvalue weighted by atomic mass is 10.1. The maximum absolute atomic E-state index is 12.1. The quantitative estimate of drug-likeness (QED) is 0.768. The van der Waals surface area contributed by atoms with Gasteiger partial charge < -0.3 is 4.90 Å². The summed E-state index contributed by atoms with van der Waals surface area (Å²) in [5.74, 6) is 0.397. The molecule has 0 aliphatic heterocycles. The molecule has 0 saturated heterocycles. The topological polar surface area (TPSA) is 33.2 Å². The summed E-state index contributed by atoms with van der Waals surface area (Å²) in [6, 6.07) is 0. The summed E-state index contributed by atoms with van der Waals surface area (Å²) in [6.07, 6.45) is 0. The van der Waals surface area contributed by atoms with Crippen molar-refractivity contribution in [2.24, 2.45) is 0 Å². The Bertz CT molecular complexity index is 362. The Labute approximate surface area is 99.1 Å². The van der Waals surface area contributed by atoms with Gasteiger partial charge >= 0.3 is 0 Å². The first-order valence-corrected chi connectivity index (χ1v) is 6.06. The summed E-state index contributed by atoms with van der Waals surface area (Å²) in [6.45, 7) is 5.72. The molecule has 0 aliphatic carbocycles. The van der Waals surface area contributed by atoms with Crippen LogP contribution >= 0.6 is 22.9 Å². The lowest BCUT2D eigenvalue weighted by Gasteiger charge is -2.33. The van der Waals surface area contributed by atoms with Crippen LogP contribution in [0.3, 0.4) is 0 Å². The predicted octanol–water partition coefficient (Wildman–Crippen LogP) is 2.54. The van der Waals surface area contributed by atoms with Gasteiger partial charge in [-0.3, -0.25) is 4.79 Å². The Hall–Kier alpha value is -0.610. The second-order valence-corrected chi connectivity index (χ2v) is 5.20. The van der Waals surface area contributed by atoms with Gasteiger partial charge in [-0.15, -0.1) is 22.9 Å². The van der Waals surface area contributed by atoms with E-state index in [1.807, 2.05) is 20.8 Å². The zero-order valence-electron chi connectivity index (χ0n) is 9.37. The minimum absolute atomic E-state index is 0.0133. The summed E-state index contributed by atoms with van der Waals surface area (Å²) in [7, 11) is 1.77. The van der Waals surface area contributed by atoms with Gasteiger partial charge in [-0.25, -0.2) is 4.98 Å². The highest BCUT2D eigenvalue weighted by Crippen LogP contribution is 2.21. The van der Waals surface area contributed by atoms with E-state index < -0.39 is 0 Å². The molecule has 0 radical (unpaired) electrons. The van der Waals surface area contributed by atoms with Crippen LogP contribution < -0.4 is 0 Å². The van der Waals surface area contributed by atoms with Crippen molar-refractivity contribution < 1.29 is 4.79 Å². The highest BCUT2D eigenvalue weighted by molar-refractivity contribution is 7.11. The van der Waals surface area contributed by atoms with Crippen molar-refractivity contribution in [2.45, 2.75) is 26.3 Å². The lowest BCUT2D eigenvalue weighted by Crippen LogP contribution is -2.46. The summed E-state index contributed by atoms with van der Waals surface area (Å²) in [5.41, 5.74) is 2.13. The summed E-state index contributed by atoms with van der Waals surface area (Å²) in [4.78, 5) is 18.5. The van der Waals surface area contributed by atoms with E-state index in [0.717, 1.165) is 5.69 Å². The van der Waals surface area contributed by atoms with Crippen LogP contribution in [0.5, 0.6) is 0 Å². The van der Waals surface area contributed by atoms with Crippen LogP contribution in [0.1, 0.15) is 29.2 Å². The van der Waals surface area contributed by atoms with Crippen LogP contribution in [-0.2, 0) is 0 Å². The number of rotatable bonds is 3. The molecule has 0 fully saturated rings. The number of amides is 1. The summed E-state index contributed by atoms with van der Waals surface area (Å²) in [5, 5.41) is 0. The lowest BCUT2D eigenvalue weighted by molar-refractivity contribution is 0.0664. The van der Waals surface area contributed by atoms with Gasteiger partial charge in [0.25, 0.3) is 5.91 Å². The van der Waals surface area contributed by atoms with E-state index in [-0.39, 0.29) is 11.4 Å². The van der Waals surface area contributed by atoms with Gasteiger partial charge in [0.15, 0.2) is 0 Å². The van der Waals surface area contributed by atoms with E-state index in [1.54, 1.807) is 17.5 Å². The number of alkyl halides is 1. The normalized spacial score (nSPS) is 11.5. The summed E-state index contributed by atoms with van der Waals surface area (Å²) < 4.78 is 0. The second kappa shape index (κ2) is 4.49. The van der Waals surface area contributed by atoms with E-state index in [9.17, 15) is 4.79 Å². The molecule has 84 valence electrons. The molecule has 0 bridgehead atoms. The molecule has 0 N–H and O–H groups in total. The number of aryl methyl sites for hydroxylation is 1. The van der Waals surface area contributed by atoms with Crippen LogP contribution in [0, 0.1) is 6.92 Å². The molecule has 1 rings (SSSR count). The summed E-state index contributed by atoms with van der Waals surface area (Å²) >= 11 is 7.19. The first kappa shape index (κ1) is 12.5. The fraction of sp³-hybridized carbons (Fsp3) is 0.600. The van der Waals surface area contributed by atoms with Crippen molar-refractivity contribution in [1.29, 1.82) is 0 Å². The third-order valence-electron chi connectivity index (χ3n) is 2.48. The highest BCUT2D eigenvalue weighted by Gasteiger charge is 2.28. The number of carbonyl (C=O) groups excluding carboxylic acids is 1. The minimum atomic E-state index is -0.338. The minimum Gasteiger partial charge on any atom is -0.335 e. The number of carbonyl (C=O) groups is 1. The first-order valence-electron chi connectivity index (χ1n) is 4.64. The Morgan fingerprint density at radius 3 is 2.67 bits per heavy atom. The van der Waals surface area contributed by atoms with Crippen molar-refractivity contribution in [3.05, 3.63) is 16.1 Å². The van der Waals surface area contributed by atoms with Gasteiger partial charge in [-0.2, -0.15) is 0 Å². The van der Waals surface area contributed by atoms with Crippen LogP contribution in [-0.4, -0.2) is 34.3 Å². The molecule has 0 saturated carbocycles. The largest absolute Gasteiger partial charge is 0.335 e. The number of aromatic nitrogens is 1. The fourth-order valence-electron chi connectivity index (χ4n) is 1.02. The molecule has 3 nitrogen and oxygen atoms in total. The molecule has 1 aromatic rings. The maximum Gasteiger partial charge on any atom is 0.266 e. The van der Waals surface area contributed by atoms with E-state index in [4.69, 9.17) is 11.6 Å². The molecule has 0 atom stereocenters. The van der Waals surface area contributed by atoms with Gasteiger partial charge in [0.05, 0.1) is 16.7 Å². The molecule has 5 heteroatoms. The van der Waals surface area contributed by atoms with E-state index >= 15 is 0 Å². The third-order valence-corrected chi connectivity index (χ3v) is 4.05. The van der Waals surface area contributed by atoms with Crippen LogP contribution in [0.2, 0.25) is 0 Å². The molecule has 0 aromatic carbocycles. The zero-order chi connectivity index (χ0) is 11.6. The van der Waals surface area contributed by atoms with Crippen molar-refractivity contribution >= 4 is 28.8 Å². The van der Waals surface area contributed by atoms with Gasteiger partial charge in [0, 0.05) is 12.9 Å². The third kappa shape index (κ3) is 2.49. The molecule has 15 heavy (non-hydrogen) atoms. The Kier molecular flexibility index (Phi) is 3.73. The van der Waals surface area contributed by atoms with Crippen molar-refractivity contribution in [3.8, 4) is 0 Å². The van der Waals surface area contributed by atoms with Crippen molar-refractivity contribution in [3.63, 3.8) is 0 Å². The number of halogens is 1.